The highest BCUT2D eigenvalue weighted by Gasteiger charge is 2.34. The zero-order chi connectivity index (χ0) is 21.6. The lowest BCUT2D eigenvalue weighted by Gasteiger charge is -2.34. The van der Waals surface area contributed by atoms with E-state index >= 15 is 0 Å². The molecule has 0 bridgehead atoms. The Labute approximate surface area is 179 Å². The summed E-state index contributed by atoms with van der Waals surface area (Å²) in [7, 11) is 0. The summed E-state index contributed by atoms with van der Waals surface area (Å²) in [4.78, 5) is 18.5. The smallest absolute Gasteiger partial charge is 0.253 e. The molecule has 1 saturated heterocycles. The Balaban J connectivity index is 1.68. The molecule has 0 unspecified atom stereocenters. The van der Waals surface area contributed by atoms with E-state index in [0.717, 1.165) is 5.39 Å². The lowest BCUT2D eigenvalue weighted by Crippen LogP contribution is -2.43. The number of nitrogens with one attached hydrogen (secondary N) is 1. The molecule has 5 rings (SSSR count). The van der Waals surface area contributed by atoms with E-state index in [4.69, 9.17) is 14.2 Å². The second-order valence-corrected chi connectivity index (χ2v) is 8.81. The minimum Gasteiger partial charge on any atom is -0.486 e. The Morgan fingerprint density at radius 1 is 1.03 bits per heavy atom. The molecule has 2 aliphatic rings. The highest BCUT2D eigenvalue weighted by Crippen LogP contribution is 2.35. The van der Waals surface area contributed by atoms with Crippen LogP contribution in [0, 0.1) is 0 Å². The van der Waals surface area contributed by atoms with Gasteiger partial charge < -0.3 is 19.2 Å². The number of benzene rings is 1. The van der Waals surface area contributed by atoms with Gasteiger partial charge in [-0.15, -0.1) is 5.10 Å². The van der Waals surface area contributed by atoms with Gasteiger partial charge in [0.05, 0.1) is 24.3 Å². The fourth-order valence-corrected chi connectivity index (χ4v) is 4.14. The molecule has 1 N–H and O–H groups in total. The molecule has 0 amide bonds. The number of aromatic amines is 1. The molecule has 4 heterocycles. The van der Waals surface area contributed by atoms with E-state index in [1.165, 1.54) is 0 Å². The number of pyridine rings is 1. The lowest BCUT2D eigenvalue weighted by atomic mass is 10.0. The average molecular weight is 426 g/mol. The topological polar surface area (TPSA) is 107 Å². The van der Waals surface area contributed by atoms with Gasteiger partial charge in [0.15, 0.2) is 17.3 Å². The Kier molecular flexibility index (Phi) is 4.90. The van der Waals surface area contributed by atoms with Crippen molar-refractivity contribution in [2.75, 3.05) is 39.5 Å². The van der Waals surface area contributed by atoms with Crippen molar-refractivity contribution in [3.63, 3.8) is 0 Å². The van der Waals surface area contributed by atoms with Crippen molar-refractivity contribution in [2.24, 2.45) is 0 Å². The number of tetrazole rings is 1. The summed E-state index contributed by atoms with van der Waals surface area (Å²) in [5.41, 5.74) is 0.779. The van der Waals surface area contributed by atoms with Crippen LogP contribution in [0.2, 0.25) is 0 Å². The highest BCUT2D eigenvalue weighted by molar-refractivity contribution is 5.83. The monoisotopic (exact) mass is 426 g/mol. The number of ether oxygens (including phenoxy) is 3. The molecule has 31 heavy (non-hydrogen) atoms. The third-order valence-corrected chi connectivity index (χ3v) is 5.61. The van der Waals surface area contributed by atoms with Crippen molar-refractivity contribution in [1.82, 2.24) is 30.1 Å². The first kappa shape index (κ1) is 20.0. The van der Waals surface area contributed by atoms with Crippen LogP contribution < -0.4 is 15.0 Å². The molecule has 2 aliphatic heterocycles. The first-order chi connectivity index (χ1) is 14.9. The Bertz CT molecular complexity index is 1160. The fraction of sp³-hybridized carbons (Fsp3) is 0.524. The van der Waals surface area contributed by atoms with Gasteiger partial charge in [-0.1, -0.05) is 0 Å². The number of H-pyrrole nitrogens is 1. The van der Waals surface area contributed by atoms with Crippen LogP contribution in [0.25, 0.3) is 10.9 Å². The van der Waals surface area contributed by atoms with E-state index in [-0.39, 0.29) is 11.1 Å². The van der Waals surface area contributed by atoms with Gasteiger partial charge in [-0.25, -0.2) is 4.68 Å². The Morgan fingerprint density at radius 3 is 2.45 bits per heavy atom. The standard InChI is InChI=1S/C21H26N6O4/c1-21(2,3)27-19(23-24-25-27)18(26-4-6-29-7-5-26)14-10-13-11-16-17(31-9-8-30-16)12-15(13)22-20(14)28/h10-12,18H,4-9H2,1-3H3,(H,22,28)/t18-/m0/s1. The van der Waals surface area contributed by atoms with Gasteiger partial charge in [-0.2, -0.15) is 0 Å². The maximum absolute atomic E-state index is 13.3. The maximum Gasteiger partial charge on any atom is 0.253 e. The first-order valence-corrected chi connectivity index (χ1v) is 10.5. The van der Waals surface area contributed by atoms with Crippen LogP contribution in [-0.2, 0) is 10.3 Å². The summed E-state index contributed by atoms with van der Waals surface area (Å²) < 4.78 is 18.7. The van der Waals surface area contributed by atoms with E-state index in [2.05, 4.69) is 25.4 Å². The number of hydrogen-bond acceptors (Lipinski definition) is 8. The molecule has 0 spiro atoms. The highest BCUT2D eigenvalue weighted by atomic mass is 16.6. The SMILES string of the molecule is CC(C)(C)n1nnnc1[C@H](c1cc2cc3c(cc2[nH]c1=O)OCCO3)N1CCOCC1. The molecule has 1 aromatic carbocycles. The lowest BCUT2D eigenvalue weighted by molar-refractivity contribution is 0.0206. The van der Waals surface area contributed by atoms with Crippen molar-refractivity contribution in [1.29, 1.82) is 0 Å². The molecule has 2 aromatic heterocycles. The normalized spacial score (nSPS) is 18.3. The molecule has 1 atom stereocenters. The minimum absolute atomic E-state index is 0.177. The van der Waals surface area contributed by atoms with Crippen LogP contribution >= 0.6 is 0 Å². The zero-order valence-electron chi connectivity index (χ0n) is 17.9. The van der Waals surface area contributed by atoms with Crippen molar-refractivity contribution in [2.45, 2.75) is 32.4 Å². The Morgan fingerprint density at radius 2 is 1.74 bits per heavy atom. The maximum atomic E-state index is 13.3. The van der Waals surface area contributed by atoms with Gasteiger partial charge in [0.1, 0.15) is 19.3 Å². The van der Waals surface area contributed by atoms with E-state index < -0.39 is 6.04 Å². The van der Waals surface area contributed by atoms with E-state index in [1.807, 2.05) is 39.0 Å². The van der Waals surface area contributed by atoms with Crippen LogP contribution in [0.1, 0.15) is 38.2 Å². The molecule has 0 saturated carbocycles. The van der Waals surface area contributed by atoms with Gasteiger partial charge >= 0.3 is 0 Å². The summed E-state index contributed by atoms with van der Waals surface area (Å²) in [6.45, 7) is 9.67. The molecule has 0 radical (unpaired) electrons. The summed E-state index contributed by atoms with van der Waals surface area (Å²) in [5, 5.41) is 13.4. The molecule has 10 nitrogen and oxygen atoms in total. The van der Waals surface area contributed by atoms with Gasteiger partial charge in [0, 0.05) is 30.1 Å². The number of aromatic nitrogens is 5. The van der Waals surface area contributed by atoms with Crippen molar-refractivity contribution in [3.05, 3.63) is 39.9 Å². The van der Waals surface area contributed by atoms with Gasteiger partial charge in [-0.05, 0) is 43.3 Å². The quantitative estimate of drug-likeness (QED) is 0.671. The van der Waals surface area contributed by atoms with E-state index in [0.29, 0.717) is 67.9 Å². The average Bonchev–Trinajstić information content (AvgIpc) is 3.24. The molecule has 10 heteroatoms. The summed E-state index contributed by atoms with van der Waals surface area (Å²) in [6.07, 6.45) is 0. The van der Waals surface area contributed by atoms with Gasteiger partial charge in [0.25, 0.3) is 5.56 Å². The van der Waals surface area contributed by atoms with Crippen LogP contribution in [0.5, 0.6) is 11.5 Å². The fourth-order valence-electron chi connectivity index (χ4n) is 4.14. The molecule has 0 aliphatic carbocycles. The Hall–Kier alpha value is -2.98. The third kappa shape index (κ3) is 3.66. The number of nitrogens with zero attached hydrogens (tertiary/aromatic N) is 5. The number of morpholine rings is 1. The number of fused-ring (bicyclic) bond motifs is 2. The first-order valence-electron chi connectivity index (χ1n) is 10.5. The third-order valence-electron chi connectivity index (χ3n) is 5.61. The number of rotatable bonds is 3. The van der Waals surface area contributed by atoms with Crippen LogP contribution in [-0.4, -0.2) is 69.6 Å². The molecule has 1 fully saturated rings. The molecular weight excluding hydrogens is 400 g/mol. The summed E-state index contributed by atoms with van der Waals surface area (Å²) in [5.74, 6) is 1.96. The molecule has 3 aromatic rings. The van der Waals surface area contributed by atoms with Crippen LogP contribution in [0.15, 0.2) is 23.0 Å². The van der Waals surface area contributed by atoms with Gasteiger partial charge in [-0.3, -0.25) is 9.69 Å². The molecular formula is C21H26N6O4. The summed E-state index contributed by atoms with van der Waals surface area (Å²) >= 11 is 0. The van der Waals surface area contributed by atoms with Crippen LogP contribution in [0.4, 0.5) is 0 Å². The number of hydrogen-bond donors (Lipinski definition) is 1. The minimum atomic E-state index is -0.403. The van der Waals surface area contributed by atoms with E-state index in [1.54, 1.807) is 4.68 Å². The second kappa shape index (κ2) is 7.61. The van der Waals surface area contributed by atoms with Gasteiger partial charge in [0.2, 0.25) is 0 Å². The predicted octanol–water partition coefficient (Wildman–Crippen LogP) is 1.46. The van der Waals surface area contributed by atoms with Crippen molar-refractivity contribution in [3.8, 4) is 11.5 Å². The van der Waals surface area contributed by atoms with Crippen LogP contribution in [0.3, 0.4) is 0 Å². The second-order valence-electron chi connectivity index (χ2n) is 8.81. The largest absolute Gasteiger partial charge is 0.486 e. The van der Waals surface area contributed by atoms with Crippen molar-refractivity contribution >= 4 is 10.9 Å². The zero-order valence-corrected chi connectivity index (χ0v) is 17.9. The van der Waals surface area contributed by atoms with E-state index in [9.17, 15) is 4.79 Å². The van der Waals surface area contributed by atoms with Crippen molar-refractivity contribution < 1.29 is 14.2 Å². The molecule has 164 valence electrons. The summed E-state index contributed by atoms with van der Waals surface area (Å²) in [6, 6.07) is 5.23. The predicted molar refractivity (Wildman–Crippen MR) is 113 cm³/mol.